The molecule has 2 bridgehead atoms. The zero-order chi connectivity index (χ0) is 6.97. The first-order valence-electron chi connectivity index (χ1n) is 4.25. The molecule has 3 fully saturated rings. The molecule has 3 aliphatic heterocycles. The predicted molar refractivity (Wildman–Crippen MR) is 42.9 cm³/mol. The lowest BCUT2D eigenvalue weighted by atomic mass is 9.79. The Morgan fingerprint density at radius 3 is 2.30 bits per heavy atom. The highest BCUT2D eigenvalue weighted by Crippen LogP contribution is 2.32. The average molecular weight is 137 g/mol. The van der Waals surface area contributed by atoms with Gasteiger partial charge in [0, 0.05) is 6.54 Å². The summed E-state index contributed by atoms with van der Waals surface area (Å²) in [7, 11) is 0. The minimum Gasteiger partial charge on any atom is -0.303 e. The van der Waals surface area contributed by atoms with Crippen molar-refractivity contribution in [3.05, 3.63) is 12.7 Å². The van der Waals surface area contributed by atoms with E-state index in [9.17, 15) is 0 Å². The Morgan fingerprint density at radius 2 is 2.00 bits per heavy atom. The van der Waals surface area contributed by atoms with Crippen molar-refractivity contribution in [2.24, 2.45) is 11.8 Å². The first-order valence-corrected chi connectivity index (χ1v) is 4.25. The Kier molecular flexibility index (Phi) is 1.53. The summed E-state index contributed by atoms with van der Waals surface area (Å²) in [6.45, 7) is 7.85. The Balaban J connectivity index is 2.07. The minimum atomic E-state index is 0.808. The third kappa shape index (κ3) is 0.891. The molecule has 3 saturated heterocycles. The largest absolute Gasteiger partial charge is 0.303 e. The molecule has 3 aliphatic rings. The lowest BCUT2D eigenvalue weighted by Crippen LogP contribution is -2.46. The summed E-state index contributed by atoms with van der Waals surface area (Å²) in [5, 5.41) is 0. The molecule has 0 aromatic carbocycles. The molecule has 0 spiro atoms. The van der Waals surface area contributed by atoms with E-state index in [-0.39, 0.29) is 0 Å². The van der Waals surface area contributed by atoms with Gasteiger partial charge in [-0.3, -0.25) is 0 Å². The standard InChI is InChI=1S/C9H15N/c1-2-8-7-10-5-3-9(8)4-6-10/h2,8-9H,1,3-7H2/t8-/m0/s1. The van der Waals surface area contributed by atoms with Crippen LogP contribution in [0, 0.1) is 11.8 Å². The number of hydrogen-bond acceptors (Lipinski definition) is 1. The second kappa shape index (κ2) is 2.39. The van der Waals surface area contributed by atoms with E-state index in [1.807, 2.05) is 0 Å². The Bertz CT molecular complexity index is 134. The number of fused-ring (bicyclic) bond motifs is 3. The van der Waals surface area contributed by atoms with E-state index in [1.165, 1.54) is 32.5 Å². The quantitative estimate of drug-likeness (QED) is 0.495. The molecule has 0 N–H and O–H groups in total. The monoisotopic (exact) mass is 137 g/mol. The molecule has 0 amide bonds. The van der Waals surface area contributed by atoms with Gasteiger partial charge in [-0.15, -0.1) is 6.58 Å². The van der Waals surface area contributed by atoms with Crippen molar-refractivity contribution in [3.8, 4) is 0 Å². The molecule has 0 saturated carbocycles. The highest BCUT2D eigenvalue weighted by Gasteiger charge is 2.31. The van der Waals surface area contributed by atoms with Gasteiger partial charge in [0.2, 0.25) is 0 Å². The van der Waals surface area contributed by atoms with Crippen molar-refractivity contribution in [2.75, 3.05) is 19.6 Å². The highest BCUT2D eigenvalue weighted by atomic mass is 15.1. The maximum absolute atomic E-state index is 3.88. The molecule has 0 aromatic heterocycles. The zero-order valence-electron chi connectivity index (χ0n) is 6.42. The Labute approximate surface area is 62.7 Å². The van der Waals surface area contributed by atoms with E-state index in [2.05, 4.69) is 17.6 Å². The summed E-state index contributed by atoms with van der Waals surface area (Å²) in [6.07, 6.45) is 4.98. The normalized spacial score (nSPS) is 45.4. The summed E-state index contributed by atoms with van der Waals surface area (Å²) >= 11 is 0. The first kappa shape index (κ1) is 6.41. The van der Waals surface area contributed by atoms with Crippen LogP contribution >= 0.6 is 0 Å². The van der Waals surface area contributed by atoms with Crippen LogP contribution in [0.15, 0.2) is 12.7 Å². The highest BCUT2D eigenvalue weighted by molar-refractivity contribution is 4.94. The zero-order valence-corrected chi connectivity index (χ0v) is 6.42. The van der Waals surface area contributed by atoms with Crippen LogP contribution in [-0.4, -0.2) is 24.5 Å². The van der Waals surface area contributed by atoms with Crippen LogP contribution in [0.1, 0.15) is 12.8 Å². The lowest BCUT2D eigenvalue weighted by molar-refractivity contribution is 0.0738. The van der Waals surface area contributed by atoms with Gasteiger partial charge in [0.15, 0.2) is 0 Å². The van der Waals surface area contributed by atoms with Crippen molar-refractivity contribution >= 4 is 0 Å². The van der Waals surface area contributed by atoms with Crippen LogP contribution in [0.25, 0.3) is 0 Å². The molecule has 1 nitrogen and oxygen atoms in total. The van der Waals surface area contributed by atoms with E-state index in [4.69, 9.17) is 0 Å². The van der Waals surface area contributed by atoms with E-state index in [1.54, 1.807) is 0 Å². The van der Waals surface area contributed by atoms with Gasteiger partial charge in [0.1, 0.15) is 0 Å². The second-order valence-electron chi connectivity index (χ2n) is 3.54. The van der Waals surface area contributed by atoms with Crippen molar-refractivity contribution in [3.63, 3.8) is 0 Å². The maximum Gasteiger partial charge on any atom is 0.00469 e. The van der Waals surface area contributed by atoms with Crippen molar-refractivity contribution in [1.82, 2.24) is 4.90 Å². The summed E-state index contributed by atoms with van der Waals surface area (Å²) in [5.74, 6) is 1.78. The van der Waals surface area contributed by atoms with Gasteiger partial charge in [-0.05, 0) is 37.8 Å². The van der Waals surface area contributed by atoms with Gasteiger partial charge in [0.25, 0.3) is 0 Å². The maximum atomic E-state index is 3.88. The molecule has 0 radical (unpaired) electrons. The third-order valence-electron chi connectivity index (χ3n) is 3.01. The fourth-order valence-corrected chi connectivity index (χ4v) is 2.28. The Hall–Kier alpha value is -0.300. The molecule has 0 unspecified atom stereocenters. The van der Waals surface area contributed by atoms with Crippen LogP contribution in [0.3, 0.4) is 0 Å². The SMILES string of the molecule is C=C[C@H]1CN2CCC1CC2. The Morgan fingerprint density at radius 1 is 1.30 bits per heavy atom. The van der Waals surface area contributed by atoms with Gasteiger partial charge in [-0.2, -0.15) is 0 Å². The summed E-state index contributed by atoms with van der Waals surface area (Å²) in [5.41, 5.74) is 0. The fourth-order valence-electron chi connectivity index (χ4n) is 2.28. The van der Waals surface area contributed by atoms with E-state index in [0.717, 1.165) is 11.8 Å². The molecule has 0 aromatic rings. The topological polar surface area (TPSA) is 3.24 Å². The molecule has 1 atom stereocenters. The molecule has 56 valence electrons. The van der Waals surface area contributed by atoms with Crippen molar-refractivity contribution in [2.45, 2.75) is 12.8 Å². The lowest BCUT2D eigenvalue weighted by Gasteiger charge is -2.43. The average Bonchev–Trinajstić information content (AvgIpc) is 2.06. The van der Waals surface area contributed by atoms with Gasteiger partial charge in [-0.1, -0.05) is 6.08 Å². The smallest absolute Gasteiger partial charge is 0.00469 e. The molecule has 10 heavy (non-hydrogen) atoms. The minimum absolute atomic E-state index is 0.808. The van der Waals surface area contributed by atoms with E-state index < -0.39 is 0 Å². The fraction of sp³-hybridized carbons (Fsp3) is 0.778. The first-order chi connectivity index (χ1) is 4.90. The molecule has 0 aliphatic carbocycles. The van der Waals surface area contributed by atoms with Crippen LogP contribution in [0.5, 0.6) is 0 Å². The molecule has 1 heteroatoms. The molecule has 3 heterocycles. The van der Waals surface area contributed by atoms with Gasteiger partial charge < -0.3 is 4.90 Å². The van der Waals surface area contributed by atoms with Crippen LogP contribution < -0.4 is 0 Å². The van der Waals surface area contributed by atoms with Crippen LogP contribution in [0.2, 0.25) is 0 Å². The molecular weight excluding hydrogens is 122 g/mol. The van der Waals surface area contributed by atoms with E-state index in [0.29, 0.717) is 0 Å². The predicted octanol–water partition coefficient (Wildman–Crippen LogP) is 1.51. The molecular formula is C9H15N. The van der Waals surface area contributed by atoms with Crippen LogP contribution in [-0.2, 0) is 0 Å². The van der Waals surface area contributed by atoms with E-state index >= 15 is 0 Å². The molecule has 3 rings (SSSR count). The van der Waals surface area contributed by atoms with Gasteiger partial charge in [-0.25, -0.2) is 0 Å². The van der Waals surface area contributed by atoms with Gasteiger partial charge in [0.05, 0.1) is 0 Å². The number of nitrogens with zero attached hydrogens (tertiary/aromatic N) is 1. The summed E-state index contributed by atoms with van der Waals surface area (Å²) < 4.78 is 0. The second-order valence-corrected chi connectivity index (χ2v) is 3.54. The summed E-state index contributed by atoms with van der Waals surface area (Å²) in [6, 6.07) is 0. The van der Waals surface area contributed by atoms with Gasteiger partial charge >= 0.3 is 0 Å². The number of piperidine rings is 3. The van der Waals surface area contributed by atoms with Crippen molar-refractivity contribution in [1.29, 1.82) is 0 Å². The van der Waals surface area contributed by atoms with Crippen LogP contribution in [0.4, 0.5) is 0 Å². The third-order valence-corrected chi connectivity index (χ3v) is 3.01. The number of hydrogen-bond donors (Lipinski definition) is 0. The number of rotatable bonds is 1. The summed E-state index contributed by atoms with van der Waals surface area (Å²) in [4.78, 5) is 2.56. The van der Waals surface area contributed by atoms with Crippen molar-refractivity contribution < 1.29 is 0 Å².